The quantitative estimate of drug-likeness (QED) is 0.930. The van der Waals surface area contributed by atoms with Crippen molar-refractivity contribution in [2.75, 3.05) is 13.1 Å². The smallest absolute Gasteiger partial charge is 0.437 e. The second-order valence-corrected chi connectivity index (χ2v) is 4.78. The first-order valence-corrected chi connectivity index (χ1v) is 6.38. The lowest BCUT2D eigenvalue weighted by atomic mass is 9.94. The highest BCUT2D eigenvalue weighted by molar-refractivity contribution is 5.85. The molecule has 2 atom stereocenters. The van der Waals surface area contributed by atoms with Crippen molar-refractivity contribution in [3.05, 3.63) is 24.0 Å². The van der Waals surface area contributed by atoms with Gasteiger partial charge in [-0.15, -0.1) is 12.4 Å². The minimum absolute atomic E-state index is 0. The van der Waals surface area contributed by atoms with Crippen LogP contribution < -0.4 is 10.1 Å². The Labute approximate surface area is 122 Å². The zero-order valence-electron chi connectivity index (χ0n) is 11.1. The highest BCUT2D eigenvalue weighted by Crippen LogP contribution is 2.35. The van der Waals surface area contributed by atoms with Gasteiger partial charge in [-0.1, -0.05) is 0 Å². The third-order valence-electron chi connectivity index (χ3n) is 3.35. The van der Waals surface area contributed by atoms with E-state index in [1.807, 2.05) is 6.92 Å². The molecular formula is C13H18ClF3N2O. The van der Waals surface area contributed by atoms with Crippen molar-refractivity contribution < 1.29 is 17.9 Å². The van der Waals surface area contributed by atoms with Crippen LogP contribution in [0, 0.1) is 5.92 Å². The number of halogens is 4. The van der Waals surface area contributed by atoms with Gasteiger partial charge in [-0.05, 0) is 38.4 Å². The maximum atomic E-state index is 12.8. The number of piperidine rings is 1. The van der Waals surface area contributed by atoms with Gasteiger partial charge in [-0.2, -0.15) is 13.2 Å². The molecule has 1 saturated heterocycles. The summed E-state index contributed by atoms with van der Waals surface area (Å²) in [6, 6.07) is 2.78. The minimum atomic E-state index is -4.48. The molecule has 1 aromatic heterocycles. The van der Waals surface area contributed by atoms with E-state index in [9.17, 15) is 13.2 Å². The van der Waals surface area contributed by atoms with Crippen molar-refractivity contribution >= 4 is 12.4 Å². The summed E-state index contributed by atoms with van der Waals surface area (Å²) >= 11 is 0. The Hall–Kier alpha value is -1.01. The molecule has 1 fully saturated rings. The first kappa shape index (κ1) is 17.0. The first-order chi connectivity index (χ1) is 8.98. The molecule has 0 bridgehead atoms. The Kier molecular flexibility index (Phi) is 6.07. The number of alkyl halides is 3. The van der Waals surface area contributed by atoms with Gasteiger partial charge >= 0.3 is 6.18 Å². The van der Waals surface area contributed by atoms with E-state index >= 15 is 0 Å². The molecule has 3 nitrogen and oxygen atoms in total. The zero-order chi connectivity index (χ0) is 13.9. The van der Waals surface area contributed by atoms with Crippen LogP contribution in [0.15, 0.2) is 18.3 Å². The van der Waals surface area contributed by atoms with Crippen LogP contribution in [0.2, 0.25) is 0 Å². The predicted octanol–water partition coefficient (Wildman–Crippen LogP) is 3.29. The molecule has 0 amide bonds. The van der Waals surface area contributed by atoms with E-state index in [1.54, 1.807) is 0 Å². The van der Waals surface area contributed by atoms with Crippen molar-refractivity contribution in [2.45, 2.75) is 32.0 Å². The number of aromatic nitrogens is 1. The highest BCUT2D eigenvalue weighted by atomic mass is 35.5. The summed E-state index contributed by atoms with van der Waals surface area (Å²) in [5, 5.41) is 3.23. The van der Waals surface area contributed by atoms with Gasteiger partial charge in [0.05, 0.1) is 0 Å². The van der Waals surface area contributed by atoms with Crippen LogP contribution in [0.1, 0.15) is 25.5 Å². The number of hydrogen-bond acceptors (Lipinski definition) is 3. The standard InChI is InChI=1S/C13H17F3N2O.ClH/c1-9(10-4-2-6-17-8-10)19-11-5-3-7-18-12(11)13(14,15)16;/h3,5,7,9-10,17H,2,4,6,8H2,1H3;1H. The Morgan fingerprint density at radius 3 is 2.80 bits per heavy atom. The van der Waals surface area contributed by atoms with Gasteiger partial charge in [0, 0.05) is 18.7 Å². The molecule has 0 aromatic carbocycles. The number of nitrogens with zero attached hydrogens (tertiary/aromatic N) is 1. The number of pyridine rings is 1. The summed E-state index contributed by atoms with van der Waals surface area (Å²) in [5.41, 5.74) is -0.953. The van der Waals surface area contributed by atoms with Crippen LogP contribution in [-0.4, -0.2) is 24.2 Å². The molecule has 0 aliphatic carbocycles. The number of ether oxygens (including phenoxy) is 1. The average molecular weight is 311 g/mol. The van der Waals surface area contributed by atoms with Crippen LogP contribution in [-0.2, 0) is 6.18 Å². The van der Waals surface area contributed by atoms with Gasteiger partial charge in [0.25, 0.3) is 0 Å². The Morgan fingerprint density at radius 1 is 1.45 bits per heavy atom. The van der Waals surface area contributed by atoms with Crippen LogP contribution in [0.3, 0.4) is 0 Å². The molecule has 2 rings (SSSR count). The SMILES string of the molecule is CC(Oc1cccnc1C(F)(F)F)C1CCCNC1.Cl. The Morgan fingerprint density at radius 2 is 2.20 bits per heavy atom. The van der Waals surface area contributed by atoms with E-state index in [2.05, 4.69) is 10.3 Å². The normalized spacial score (nSPS) is 20.9. The van der Waals surface area contributed by atoms with E-state index in [1.165, 1.54) is 12.1 Å². The molecule has 0 saturated carbocycles. The number of hydrogen-bond donors (Lipinski definition) is 1. The average Bonchev–Trinajstić information content (AvgIpc) is 2.39. The molecule has 2 unspecified atom stereocenters. The third kappa shape index (κ3) is 4.24. The largest absolute Gasteiger partial charge is 0.488 e. The molecule has 7 heteroatoms. The Balaban J connectivity index is 0.00000200. The van der Waals surface area contributed by atoms with Gasteiger partial charge in [-0.3, -0.25) is 0 Å². The minimum Gasteiger partial charge on any atom is -0.488 e. The first-order valence-electron chi connectivity index (χ1n) is 6.38. The maximum Gasteiger partial charge on any atom is 0.437 e. The van der Waals surface area contributed by atoms with E-state index < -0.39 is 11.9 Å². The second kappa shape index (κ2) is 7.13. The van der Waals surface area contributed by atoms with E-state index in [4.69, 9.17) is 4.74 Å². The van der Waals surface area contributed by atoms with E-state index in [0.29, 0.717) is 0 Å². The van der Waals surface area contributed by atoms with Crippen LogP contribution in [0.5, 0.6) is 5.75 Å². The Bertz CT molecular complexity index is 422. The summed E-state index contributed by atoms with van der Waals surface area (Å²) in [6.07, 6.45) is -1.63. The molecule has 1 aromatic rings. The van der Waals surface area contributed by atoms with Crippen molar-refractivity contribution in [1.82, 2.24) is 10.3 Å². The predicted molar refractivity (Wildman–Crippen MR) is 72.2 cm³/mol. The number of nitrogens with one attached hydrogen (secondary N) is 1. The molecule has 114 valence electrons. The molecule has 20 heavy (non-hydrogen) atoms. The third-order valence-corrected chi connectivity index (χ3v) is 3.35. The van der Waals surface area contributed by atoms with Crippen molar-refractivity contribution in [2.24, 2.45) is 5.92 Å². The second-order valence-electron chi connectivity index (χ2n) is 4.78. The fraction of sp³-hybridized carbons (Fsp3) is 0.615. The van der Waals surface area contributed by atoms with Crippen LogP contribution in [0.25, 0.3) is 0 Å². The number of rotatable bonds is 3. The van der Waals surface area contributed by atoms with Crippen molar-refractivity contribution in [1.29, 1.82) is 0 Å². The fourth-order valence-electron chi connectivity index (χ4n) is 2.27. The van der Waals surface area contributed by atoms with E-state index in [0.717, 1.165) is 32.1 Å². The summed E-state index contributed by atoms with van der Waals surface area (Å²) < 4.78 is 43.8. The van der Waals surface area contributed by atoms with Gasteiger partial charge in [0.1, 0.15) is 6.10 Å². The molecule has 0 radical (unpaired) electrons. The summed E-state index contributed by atoms with van der Waals surface area (Å²) in [6.45, 7) is 3.55. The van der Waals surface area contributed by atoms with Crippen LogP contribution >= 0.6 is 12.4 Å². The molecule has 1 aliphatic rings. The molecule has 2 heterocycles. The van der Waals surface area contributed by atoms with E-state index in [-0.39, 0.29) is 30.2 Å². The summed E-state index contributed by atoms with van der Waals surface area (Å²) in [5.74, 6) is 0.0445. The van der Waals surface area contributed by atoms with Gasteiger partial charge in [0.15, 0.2) is 11.4 Å². The van der Waals surface area contributed by atoms with Gasteiger partial charge in [-0.25, -0.2) is 4.98 Å². The fourth-order valence-corrected chi connectivity index (χ4v) is 2.27. The zero-order valence-corrected chi connectivity index (χ0v) is 11.9. The molecule has 1 aliphatic heterocycles. The monoisotopic (exact) mass is 310 g/mol. The highest BCUT2D eigenvalue weighted by Gasteiger charge is 2.37. The molecular weight excluding hydrogens is 293 g/mol. The molecule has 1 N–H and O–H groups in total. The summed E-state index contributed by atoms with van der Waals surface area (Å²) in [7, 11) is 0. The lowest BCUT2D eigenvalue weighted by Crippen LogP contribution is -2.38. The van der Waals surface area contributed by atoms with Crippen molar-refractivity contribution in [3.8, 4) is 5.75 Å². The molecule has 0 spiro atoms. The topological polar surface area (TPSA) is 34.1 Å². The lowest BCUT2D eigenvalue weighted by Gasteiger charge is -2.29. The maximum absolute atomic E-state index is 12.8. The van der Waals surface area contributed by atoms with Gasteiger partial charge in [0.2, 0.25) is 0 Å². The van der Waals surface area contributed by atoms with Crippen LogP contribution in [0.4, 0.5) is 13.2 Å². The van der Waals surface area contributed by atoms with Gasteiger partial charge < -0.3 is 10.1 Å². The lowest BCUT2D eigenvalue weighted by molar-refractivity contribution is -0.143. The van der Waals surface area contributed by atoms with Crippen molar-refractivity contribution in [3.63, 3.8) is 0 Å². The summed E-state index contributed by atoms with van der Waals surface area (Å²) in [4.78, 5) is 3.38.